The van der Waals surface area contributed by atoms with Gasteiger partial charge in [0.15, 0.2) is 0 Å². The number of nitrogens with one attached hydrogen (secondary N) is 2. The second-order valence-electron chi connectivity index (χ2n) is 7.21. The molecule has 0 radical (unpaired) electrons. The number of amides is 2. The third-order valence-corrected chi connectivity index (χ3v) is 5.12. The van der Waals surface area contributed by atoms with Gasteiger partial charge in [-0.3, -0.25) is 9.59 Å². The van der Waals surface area contributed by atoms with Crippen LogP contribution in [0.15, 0.2) is 24.3 Å². The average Bonchev–Trinajstić information content (AvgIpc) is 3.32. The van der Waals surface area contributed by atoms with Crippen molar-refractivity contribution in [2.75, 3.05) is 32.0 Å². The van der Waals surface area contributed by atoms with Gasteiger partial charge in [-0.25, -0.2) is 0 Å². The van der Waals surface area contributed by atoms with E-state index >= 15 is 0 Å². The number of carbonyl (C=O) groups is 2. The number of anilines is 1. The van der Waals surface area contributed by atoms with E-state index in [0.717, 1.165) is 32.5 Å². The Hall–Kier alpha value is -1.59. The molecule has 2 amide bonds. The van der Waals surface area contributed by atoms with E-state index in [0.29, 0.717) is 23.1 Å². The molecule has 25 heavy (non-hydrogen) atoms. The monoisotopic (exact) mass is 365 g/mol. The van der Waals surface area contributed by atoms with Crippen LogP contribution < -0.4 is 10.6 Å². The van der Waals surface area contributed by atoms with Crippen LogP contribution >= 0.6 is 12.4 Å². The SMILES string of the molecule is CNCC1CCCN(C(=O)c2cccc(NC(=O)C3CC3C)c2)C1.Cl. The zero-order valence-electron chi connectivity index (χ0n) is 15.0. The molecule has 2 aliphatic rings. The van der Waals surface area contributed by atoms with Gasteiger partial charge in [0.1, 0.15) is 0 Å². The zero-order valence-corrected chi connectivity index (χ0v) is 15.8. The number of nitrogens with zero attached hydrogens (tertiary/aromatic N) is 1. The minimum Gasteiger partial charge on any atom is -0.338 e. The fraction of sp³-hybridized carbons (Fsp3) is 0.579. The Morgan fingerprint density at radius 2 is 2.08 bits per heavy atom. The van der Waals surface area contributed by atoms with Gasteiger partial charge in [-0.2, -0.15) is 0 Å². The summed E-state index contributed by atoms with van der Waals surface area (Å²) in [5, 5.41) is 6.14. The Kier molecular flexibility index (Phi) is 6.85. The molecule has 0 bridgehead atoms. The lowest BCUT2D eigenvalue weighted by Gasteiger charge is -2.32. The Balaban J connectivity index is 0.00000225. The van der Waals surface area contributed by atoms with Crippen LogP contribution in [0.1, 0.15) is 36.5 Å². The van der Waals surface area contributed by atoms with E-state index in [9.17, 15) is 9.59 Å². The van der Waals surface area contributed by atoms with Crippen LogP contribution in [0.4, 0.5) is 5.69 Å². The van der Waals surface area contributed by atoms with Crippen molar-refractivity contribution in [3.63, 3.8) is 0 Å². The molecule has 5 nitrogen and oxygen atoms in total. The predicted molar refractivity (Wildman–Crippen MR) is 102 cm³/mol. The van der Waals surface area contributed by atoms with E-state index in [1.54, 1.807) is 6.07 Å². The molecule has 1 aliphatic heterocycles. The molecule has 138 valence electrons. The van der Waals surface area contributed by atoms with Crippen LogP contribution in [0.25, 0.3) is 0 Å². The first kappa shape index (κ1) is 19.7. The highest BCUT2D eigenvalue weighted by atomic mass is 35.5. The van der Waals surface area contributed by atoms with Crippen molar-refractivity contribution in [1.29, 1.82) is 0 Å². The third kappa shape index (κ3) is 4.95. The number of halogens is 1. The van der Waals surface area contributed by atoms with Crippen molar-refractivity contribution < 1.29 is 9.59 Å². The normalized spacial score (nSPS) is 25.0. The van der Waals surface area contributed by atoms with Gasteiger partial charge in [-0.1, -0.05) is 13.0 Å². The fourth-order valence-corrected chi connectivity index (χ4v) is 3.54. The van der Waals surface area contributed by atoms with Gasteiger partial charge in [0, 0.05) is 30.3 Å². The largest absolute Gasteiger partial charge is 0.338 e. The summed E-state index contributed by atoms with van der Waals surface area (Å²) in [6, 6.07) is 7.32. The van der Waals surface area contributed by atoms with E-state index < -0.39 is 0 Å². The predicted octanol–water partition coefficient (Wildman–Crippen LogP) is 2.77. The van der Waals surface area contributed by atoms with Gasteiger partial charge >= 0.3 is 0 Å². The van der Waals surface area contributed by atoms with Gasteiger partial charge in [-0.15, -0.1) is 12.4 Å². The molecule has 1 saturated carbocycles. The molecule has 2 fully saturated rings. The van der Waals surface area contributed by atoms with Crippen molar-refractivity contribution in [1.82, 2.24) is 10.2 Å². The first-order valence-corrected chi connectivity index (χ1v) is 8.93. The summed E-state index contributed by atoms with van der Waals surface area (Å²) >= 11 is 0. The minimum absolute atomic E-state index is 0. The first-order valence-electron chi connectivity index (χ1n) is 8.93. The Morgan fingerprint density at radius 1 is 1.32 bits per heavy atom. The van der Waals surface area contributed by atoms with E-state index in [1.165, 1.54) is 6.42 Å². The zero-order chi connectivity index (χ0) is 17.1. The highest BCUT2D eigenvalue weighted by Gasteiger charge is 2.39. The van der Waals surface area contributed by atoms with Crippen LogP contribution in [0, 0.1) is 17.8 Å². The molecule has 3 atom stereocenters. The van der Waals surface area contributed by atoms with Crippen LogP contribution in [0.2, 0.25) is 0 Å². The van der Waals surface area contributed by atoms with Crippen LogP contribution in [0.5, 0.6) is 0 Å². The van der Waals surface area contributed by atoms with E-state index in [4.69, 9.17) is 0 Å². The smallest absolute Gasteiger partial charge is 0.253 e. The molecule has 2 N–H and O–H groups in total. The third-order valence-electron chi connectivity index (χ3n) is 5.12. The Bertz CT molecular complexity index is 620. The van der Waals surface area contributed by atoms with Crippen LogP contribution in [0.3, 0.4) is 0 Å². The molecule has 0 spiro atoms. The molecule has 1 aliphatic carbocycles. The first-order chi connectivity index (χ1) is 11.6. The van der Waals surface area contributed by atoms with Gasteiger partial charge < -0.3 is 15.5 Å². The number of benzene rings is 1. The summed E-state index contributed by atoms with van der Waals surface area (Å²) in [4.78, 5) is 26.8. The lowest BCUT2D eigenvalue weighted by molar-refractivity contribution is -0.117. The summed E-state index contributed by atoms with van der Waals surface area (Å²) in [5.74, 6) is 1.26. The maximum absolute atomic E-state index is 12.8. The Labute approximate surface area is 155 Å². The summed E-state index contributed by atoms with van der Waals surface area (Å²) in [7, 11) is 1.95. The number of rotatable bonds is 5. The molecule has 3 rings (SSSR count). The van der Waals surface area contributed by atoms with Crippen molar-refractivity contribution >= 4 is 29.9 Å². The standard InChI is InChI=1S/C19H27N3O2.ClH/c1-13-9-17(13)18(23)21-16-7-3-6-15(10-16)19(24)22-8-4-5-14(12-22)11-20-2;/h3,6-7,10,13-14,17,20H,4-5,8-9,11-12H2,1-2H3,(H,21,23);1H. The number of hydrogen-bond donors (Lipinski definition) is 2. The maximum atomic E-state index is 12.8. The van der Waals surface area contributed by atoms with E-state index in [1.807, 2.05) is 30.1 Å². The summed E-state index contributed by atoms with van der Waals surface area (Å²) in [6.45, 7) is 4.65. The van der Waals surface area contributed by atoms with Gasteiger partial charge in [0.05, 0.1) is 0 Å². The second-order valence-corrected chi connectivity index (χ2v) is 7.21. The topological polar surface area (TPSA) is 61.4 Å². The molecule has 1 aromatic carbocycles. The molecule has 3 unspecified atom stereocenters. The lowest BCUT2D eigenvalue weighted by atomic mass is 9.97. The number of likely N-dealkylation sites (tertiary alicyclic amines) is 1. The average molecular weight is 366 g/mol. The van der Waals surface area contributed by atoms with E-state index in [2.05, 4.69) is 17.6 Å². The summed E-state index contributed by atoms with van der Waals surface area (Å²) in [6.07, 6.45) is 3.18. The molecule has 0 aromatic heterocycles. The number of hydrogen-bond acceptors (Lipinski definition) is 3. The fourth-order valence-electron chi connectivity index (χ4n) is 3.54. The second kappa shape index (κ2) is 8.68. The summed E-state index contributed by atoms with van der Waals surface area (Å²) in [5.41, 5.74) is 1.37. The van der Waals surface area contributed by atoms with Gasteiger partial charge in [-0.05, 0) is 62.9 Å². The van der Waals surface area contributed by atoms with Crippen molar-refractivity contribution in [2.45, 2.75) is 26.2 Å². The van der Waals surface area contributed by atoms with Gasteiger partial charge in [0.2, 0.25) is 5.91 Å². The highest BCUT2D eigenvalue weighted by molar-refractivity contribution is 5.98. The lowest BCUT2D eigenvalue weighted by Crippen LogP contribution is -2.42. The van der Waals surface area contributed by atoms with E-state index in [-0.39, 0.29) is 30.1 Å². The van der Waals surface area contributed by atoms with Gasteiger partial charge in [0.25, 0.3) is 5.91 Å². The summed E-state index contributed by atoms with van der Waals surface area (Å²) < 4.78 is 0. The molecule has 1 heterocycles. The quantitative estimate of drug-likeness (QED) is 0.843. The van der Waals surface area contributed by atoms with Crippen molar-refractivity contribution in [3.05, 3.63) is 29.8 Å². The highest BCUT2D eigenvalue weighted by Crippen LogP contribution is 2.38. The van der Waals surface area contributed by atoms with Crippen molar-refractivity contribution in [2.24, 2.45) is 17.8 Å². The molecule has 1 saturated heterocycles. The van der Waals surface area contributed by atoms with Crippen LogP contribution in [-0.2, 0) is 4.79 Å². The molecule has 1 aromatic rings. The number of carbonyl (C=O) groups excluding carboxylic acids is 2. The number of piperidine rings is 1. The Morgan fingerprint density at radius 3 is 2.76 bits per heavy atom. The van der Waals surface area contributed by atoms with Crippen LogP contribution in [-0.4, -0.2) is 43.4 Å². The molecular formula is C19H28ClN3O2. The van der Waals surface area contributed by atoms with Crippen molar-refractivity contribution in [3.8, 4) is 0 Å². The molecule has 6 heteroatoms. The molecular weight excluding hydrogens is 338 g/mol. The minimum atomic E-state index is 0. The maximum Gasteiger partial charge on any atom is 0.253 e.